The average Bonchev–Trinajstić information content (AvgIpc) is 2.41. The molecular formula is C16H31NO. The van der Waals surface area contributed by atoms with Crippen LogP contribution in [0.2, 0.25) is 0 Å². The minimum atomic E-state index is -0.255. The summed E-state index contributed by atoms with van der Waals surface area (Å²) in [6, 6.07) is 0.0232. The molecule has 2 aliphatic rings. The predicted molar refractivity (Wildman–Crippen MR) is 76.4 cm³/mol. The summed E-state index contributed by atoms with van der Waals surface area (Å²) in [4.78, 5) is 0. The molecule has 0 unspecified atom stereocenters. The molecule has 2 heteroatoms. The van der Waals surface area contributed by atoms with E-state index in [2.05, 4.69) is 0 Å². The summed E-state index contributed by atoms with van der Waals surface area (Å²) >= 11 is 0. The maximum Gasteiger partial charge on any atom is 0.0693 e. The lowest BCUT2D eigenvalue weighted by atomic mass is 9.80. The SMILES string of the molecule is N[C@@H](CC1CCCCC1)[C@@H](O)CC1CCCCC1. The third-order valence-electron chi connectivity index (χ3n) is 5.12. The van der Waals surface area contributed by atoms with Gasteiger partial charge in [0, 0.05) is 6.04 Å². The largest absolute Gasteiger partial charge is 0.392 e. The highest BCUT2D eigenvalue weighted by atomic mass is 16.3. The molecule has 2 nitrogen and oxygen atoms in total. The molecule has 0 saturated heterocycles. The van der Waals surface area contributed by atoms with Crippen LogP contribution in [0.4, 0.5) is 0 Å². The number of hydrogen-bond acceptors (Lipinski definition) is 2. The van der Waals surface area contributed by atoms with Gasteiger partial charge in [-0.3, -0.25) is 0 Å². The van der Waals surface area contributed by atoms with E-state index in [0.717, 1.165) is 24.7 Å². The molecule has 0 radical (unpaired) electrons. The maximum absolute atomic E-state index is 10.3. The van der Waals surface area contributed by atoms with Crippen LogP contribution in [0.15, 0.2) is 0 Å². The molecule has 0 aromatic rings. The fourth-order valence-corrected chi connectivity index (χ4v) is 3.90. The highest BCUT2D eigenvalue weighted by Gasteiger charge is 2.24. The molecular weight excluding hydrogens is 222 g/mol. The Bertz CT molecular complexity index is 195. The molecule has 2 atom stereocenters. The van der Waals surface area contributed by atoms with E-state index in [9.17, 15) is 5.11 Å². The van der Waals surface area contributed by atoms with Gasteiger partial charge in [-0.15, -0.1) is 0 Å². The molecule has 2 rings (SSSR count). The quantitative estimate of drug-likeness (QED) is 0.786. The predicted octanol–water partition coefficient (Wildman–Crippen LogP) is 3.62. The normalized spacial score (nSPS) is 27.0. The Hall–Kier alpha value is -0.0800. The molecule has 2 aliphatic carbocycles. The Morgan fingerprint density at radius 2 is 1.22 bits per heavy atom. The minimum absolute atomic E-state index is 0.0232. The summed E-state index contributed by atoms with van der Waals surface area (Å²) in [5.41, 5.74) is 6.22. The molecule has 2 saturated carbocycles. The van der Waals surface area contributed by atoms with Gasteiger partial charge in [-0.2, -0.15) is 0 Å². The molecule has 0 aromatic heterocycles. The standard InChI is InChI=1S/C16H31NO/c17-15(11-13-7-3-1-4-8-13)16(18)12-14-9-5-2-6-10-14/h13-16,18H,1-12,17H2/t15-,16-/m0/s1. The van der Waals surface area contributed by atoms with Gasteiger partial charge in [0.25, 0.3) is 0 Å². The summed E-state index contributed by atoms with van der Waals surface area (Å²) in [5, 5.41) is 10.3. The van der Waals surface area contributed by atoms with Crippen molar-refractivity contribution in [2.75, 3.05) is 0 Å². The molecule has 0 heterocycles. The van der Waals surface area contributed by atoms with Crippen LogP contribution < -0.4 is 5.73 Å². The smallest absolute Gasteiger partial charge is 0.0693 e. The summed E-state index contributed by atoms with van der Waals surface area (Å²) in [5.74, 6) is 1.53. The molecule has 0 aliphatic heterocycles. The fourth-order valence-electron chi connectivity index (χ4n) is 3.90. The van der Waals surface area contributed by atoms with Crippen molar-refractivity contribution in [2.45, 2.75) is 89.2 Å². The maximum atomic E-state index is 10.3. The summed E-state index contributed by atoms with van der Waals surface area (Å²) in [6.07, 6.45) is 15.3. The summed E-state index contributed by atoms with van der Waals surface area (Å²) in [6.45, 7) is 0. The highest BCUT2D eigenvalue weighted by molar-refractivity contribution is 4.80. The van der Waals surface area contributed by atoms with Crippen LogP contribution in [0.1, 0.15) is 77.0 Å². The molecule has 0 bridgehead atoms. The number of aliphatic hydroxyl groups is 1. The lowest BCUT2D eigenvalue weighted by Gasteiger charge is -2.30. The van der Waals surface area contributed by atoms with E-state index in [1.807, 2.05) is 0 Å². The first-order chi connectivity index (χ1) is 8.75. The van der Waals surface area contributed by atoms with Crippen LogP contribution in [0.5, 0.6) is 0 Å². The first-order valence-electron chi connectivity index (χ1n) is 8.19. The summed E-state index contributed by atoms with van der Waals surface area (Å²) < 4.78 is 0. The van der Waals surface area contributed by atoms with Crippen molar-refractivity contribution >= 4 is 0 Å². The first-order valence-corrected chi connectivity index (χ1v) is 8.19. The van der Waals surface area contributed by atoms with E-state index >= 15 is 0 Å². The molecule has 18 heavy (non-hydrogen) atoms. The van der Waals surface area contributed by atoms with Gasteiger partial charge in [0.15, 0.2) is 0 Å². The van der Waals surface area contributed by atoms with Gasteiger partial charge in [-0.1, -0.05) is 64.2 Å². The number of rotatable bonds is 5. The van der Waals surface area contributed by atoms with E-state index in [4.69, 9.17) is 5.73 Å². The van der Waals surface area contributed by atoms with Gasteiger partial charge in [0.1, 0.15) is 0 Å². The van der Waals surface area contributed by atoms with Crippen LogP contribution in [-0.2, 0) is 0 Å². The zero-order valence-electron chi connectivity index (χ0n) is 11.8. The van der Waals surface area contributed by atoms with Crippen molar-refractivity contribution < 1.29 is 5.11 Å². The van der Waals surface area contributed by atoms with E-state index in [0.29, 0.717) is 0 Å². The number of hydrogen-bond donors (Lipinski definition) is 2. The van der Waals surface area contributed by atoms with Gasteiger partial charge in [0.05, 0.1) is 6.10 Å². The van der Waals surface area contributed by atoms with Gasteiger partial charge < -0.3 is 10.8 Å². The lowest BCUT2D eigenvalue weighted by Crippen LogP contribution is -2.38. The van der Waals surface area contributed by atoms with E-state index in [-0.39, 0.29) is 12.1 Å². The van der Waals surface area contributed by atoms with Gasteiger partial charge in [-0.25, -0.2) is 0 Å². The van der Waals surface area contributed by atoms with Gasteiger partial charge >= 0.3 is 0 Å². The third kappa shape index (κ3) is 4.55. The second-order valence-electron chi connectivity index (χ2n) is 6.71. The topological polar surface area (TPSA) is 46.2 Å². The minimum Gasteiger partial charge on any atom is -0.392 e. The van der Waals surface area contributed by atoms with Crippen LogP contribution in [0.25, 0.3) is 0 Å². The van der Waals surface area contributed by atoms with Gasteiger partial charge in [-0.05, 0) is 24.7 Å². The van der Waals surface area contributed by atoms with E-state index < -0.39 is 0 Å². The monoisotopic (exact) mass is 253 g/mol. The second-order valence-corrected chi connectivity index (χ2v) is 6.71. The van der Waals surface area contributed by atoms with Crippen molar-refractivity contribution in [3.8, 4) is 0 Å². The van der Waals surface area contributed by atoms with Crippen molar-refractivity contribution in [1.29, 1.82) is 0 Å². The summed E-state index contributed by atoms with van der Waals surface area (Å²) in [7, 11) is 0. The Morgan fingerprint density at radius 1 is 0.778 bits per heavy atom. The molecule has 0 spiro atoms. The zero-order valence-corrected chi connectivity index (χ0v) is 11.8. The van der Waals surface area contributed by atoms with Crippen molar-refractivity contribution in [1.82, 2.24) is 0 Å². The zero-order chi connectivity index (χ0) is 12.8. The average molecular weight is 253 g/mol. The molecule has 2 fully saturated rings. The van der Waals surface area contributed by atoms with Gasteiger partial charge in [0.2, 0.25) is 0 Å². The van der Waals surface area contributed by atoms with Crippen LogP contribution in [0, 0.1) is 11.8 Å². The van der Waals surface area contributed by atoms with Crippen molar-refractivity contribution in [2.24, 2.45) is 17.6 Å². The molecule has 106 valence electrons. The van der Waals surface area contributed by atoms with Crippen LogP contribution in [-0.4, -0.2) is 17.3 Å². The van der Waals surface area contributed by atoms with Crippen LogP contribution in [0.3, 0.4) is 0 Å². The lowest BCUT2D eigenvalue weighted by molar-refractivity contribution is 0.0924. The number of aliphatic hydroxyl groups excluding tert-OH is 1. The second kappa shape index (κ2) is 7.49. The van der Waals surface area contributed by atoms with E-state index in [1.54, 1.807) is 0 Å². The molecule has 0 aromatic carbocycles. The van der Waals surface area contributed by atoms with Crippen molar-refractivity contribution in [3.05, 3.63) is 0 Å². The Morgan fingerprint density at radius 3 is 1.72 bits per heavy atom. The fraction of sp³-hybridized carbons (Fsp3) is 1.00. The Kier molecular flexibility index (Phi) is 5.97. The first kappa shape index (κ1) is 14.3. The molecule has 3 N–H and O–H groups in total. The molecule has 0 amide bonds. The third-order valence-corrected chi connectivity index (χ3v) is 5.12. The van der Waals surface area contributed by atoms with Crippen molar-refractivity contribution in [3.63, 3.8) is 0 Å². The van der Waals surface area contributed by atoms with E-state index in [1.165, 1.54) is 64.2 Å². The van der Waals surface area contributed by atoms with Crippen LogP contribution >= 0.6 is 0 Å². The Balaban J connectivity index is 1.68. The Labute approximate surface area is 112 Å². The number of nitrogens with two attached hydrogens (primary N) is 1. The highest BCUT2D eigenvalue weighted by Crippen LogP contribution is 2.30.